The summed E-state index contributed by atoms with van der Waals surface area (Å²) in [5.41, 5.74) is 1.45. The van der Waals surface area contributed by atoms with Gasteiger partial charge in [0, 0.05) is 16.6 Å². The molecule has 27 heavy (non-hydrogen) atoms. The van der Waals surface area contributed by atoms with Crippen molar-refractivity contribution >= 4 is 29.0 Å². The summed E-state index contributed by atoms with van der Waals surface area (Å²) in [7, 11) is 0. The van der Waals surface area contributed by atoms with Crippen molar-refractivity contribution in [2.75, 3.05) is 6.61 Å². The van der Waals surface area contributed by atoms with Crippen LogP contribution in [0.25, 0.3) is 0 Å². The van der Waals surface area contributed by atoms with E-state index in [1.165, 1.54) is 30.5 Å². The van der Waals surface area contributed by atoms with E-state index in [1.54, 1.807) is 0 Å². The maximum atomic E-state index is 12.3. The lowest BCUT2D eigenvalue weighted by Crippen LogP contribution is -2.32. The summed E-state index contributed by atoms with van der Waals surface area (Å²) in [5, 5.41) is 4.84. The zero-order valence-electron chi connectivity index (χ0n) is 14.6. The molecule has 2 aromatic heterocycles. The highest BCUT2D eigenvalue weighted by Gasteiger charge is 2.19. The Labute approximate surface area is 160 Å². The Morgan fingerprint density at radius 2 is 1.93 bits per heavy atom. The standard InChI is InChI=1S/C20H18N2O4S/c1-13(23)15-10-16(21-11-15)20(25)26-12-18(24)22-19(17-8-5-9-27-17)14-6-3-2-4-7-14/h2-11,19,21H,12H2,1H3,(H,22,24)/t19-/m0/s1. The first kappa shape index (κ1) is 18.6. The summed E-state index contributed by atoms with van der Waals surface area (Å²) in [6.45, 7) is 0.988. The Balaban J connectivity index is 1.62. The number of carbonyl (C=O) groups excluding carboxylic acids is 3. The van der Waals surface area contributed by atoms with Crippen molar-refractivity contribution in [2.24, 2.45) is 0 Å². The number of hydrogen-bond donors (Lipinski definition) is 2. The number of benzene rings is 1. The van der Waals surface area contributed by atoms with Gasteiger partial charge >= 0.3 is 5.97 Å². The van der Waals surface area contributed by atoms with E-state index in [4.69, 9.17) is 4.74 Å². The number of esters is 1. The lowest BCUT2D eigenvalue weighted by Gasteiger charge is -2.18. The van der Waals surface area contributed by atoms with Crippen molar-refractivity contribution in [3.63, 3.8) is 0 Å². The van der Waals surface area contributed by atoms with Gasteiger partial charge < -0.3 is 15.0 Å². The van der Waals surface area contributed by atoms with E-state index < -0.39 is 18.5 Å². The molecule has 1 aromatic carbocycles. The number of aromatic nitrogens is 1. The SMILES string of the molecule is CC(=O)c1c[nH]c(C(=O)OCC(=O)N[C@@H](c2ccccc2)c2cccs2)c1. The summed E-state index contributed by atoms with van der Waals surface area (Å²) in [4.78, 5) is 39.3. The molecule has 0 saturated heterocycles. The molecule has 2 N–H and O–H groups in total. The fourth-order valence-electron chi connectivity index (χ4n) is 2.55. The highest BCUT2D eigenvalue weighted by molar-refractivity contribution is 7.10. The molecular formula is C20H18N2O4S. The molecule has 1 amide bonds. The second-order valence-corrected chi connectivity index (χ2v) is 6.84. The maximum absolute atomic E-state index is 12.3. The number of rotatable bonds is 7. The third-order valence-electron chi connectivity index (χ3n) is 3.91. The maximum Gasteiger partial charge on any atom is 0.355 e. The Morgan fingerprint density at radius 1 is 1.15 bits per heavy atom. The summed E-state index contributed by atoms with van der Waals surface area (Å²) in [6, 6.07) is 14.5. The number of nitrogens with one attached hydrogen (secondary N) is 2. The fraction of sp³-hybridized carbons (Fsp3) is 0.150. The molecule has 0 radical (unpaired) electrons. The van der Waals surface area contributed by atoms with Crippen molar-refractivity contribution in [1.82, 2.24) is 10.3 Å². The minimum atomic E-state index is -0.690. The molecule has 0 spiro atoms. The van der Waals surface area contributed by atoms with Gasteiger partial charge in [-0.1, -0.05) is 36.4 Å². The number of aromatic amines is 1. The first-order chi connectivity index (χ1) is 13.0. The molecule has 0 aliphatic rings. The minimum absolute atomic E-state index is 0.130. The van der Waals surface area contributed by atoms with Gasteiger partial charge in [0.1, 0.15) is 5.69 Å². The van der Waals surface area contributed by atoms with Crippen molar-refractivity contribution in [2.45, 2.75) is 13.0 Å². The lowest BCUT2D eigenvalue weighted by molar-refractivity contribution is -0.124. The number of hydrogen-bond acceptors (Lipinski definition) is 5. The molecule has 0 aliphatic heterocycles. The van der Waals surface area contributed by atoms with Crippen molar-refractivity contribution in [1.29, 1.82) is 0 Å². The molecule has 138 valence electrons. The third-order valence-corrected chi connectivity index (χ3v) is 4.85. The Morgan fingerprint density at radius 3 is 2.56 bits per heavy atom. The van der Waals surface area contributed by atoms with E-state index in [1.807, 2.05) is 47.8 Å². The van der Waals surface area contributed by atoms with Crippen LogP contribution in [0.5, 0.6) is 0 Å². The molecule has 0 unspecified atom stereocenters. The van der Waals surface area contributed by atoms with E-state index in [-0.39, 0.29) is 17.5 Å². The second-order valence-electron chi connectivity index (χ2n) is 5.86. The van der Waals surface area contributed by atoms with Crippen LogP contribution in [0.3, 0.4) is 0 Å². The summed E-state index contributed by atoms with van der Waals surface area (Å²) in [6.07, 6.45) is 1.43. The van der Waals surface area contributed by atoms with Gasteiger partial charge in [-0.2, -0.15) is 0 Å². The van der Waals surface area contributed by atoms with Gasteiger partial charge in [0.05, 0.1) is 6.04 Å². The third kappa shape index (κ3) is 4.71. The monoisotopic (exact) mass is 382 g/mol. The quantitative estimate of drug-likeness (QED) is 0.485. The van der Waals surface area contributed by atoms with Gasteiger partial charge in [0.25, 0.3) is 5.91 Å². The topological polar surface area (TPSA) is 88.3 Å². The highest BCUT2D eigenvalue weighted by atomic mass is 32.1. The van der Waals surface area contributed by atoms with E-state index in [0.29, 0.717) is 5.56 Å². The smallest absolute Gasteiger partial charge is 0.355 e. The van der Waals surface area contributed by atoms with Crippen LogP contribution in [-0.2, 0) is 9.53 Å². The average Bonchev–Trinajstić information content (AvgIpc) is 3.36. The van der Waals surface area contributed by atoms with Crippen molar-refractivity contribution in [3.05, 3.63) is 81.8 Å². The second kappa shape index (κ2) is 8.46. The van der Waals surface area contributed by atoms with Gasteiger partial charge in [0.2, 0.25) is 0 Å². The normalized spacial score (nSPS) is 11.6. The van der Waals surface area contributed by atoms with Crippen LogP contribution >= 0.6 is 11.3 Å². The molecule has 0 aliphatic carbocycles. The van der Waals surface area contributed by atoms with Crippen LogP contribution < -0.4 is 5.32 Å². The molecule has 3 rings (SSSR count). The van der Waals surface area contributed by atoms with E-state index >= 15 is 0 Å². The number of thiophene rings is 1. The van der Waals surface area contributed by atoms with E-state index in [0.717, 1.165) is 10.4 Å². The van der Waals surface area contributed by atoms with Gasteiger partial charge in [-0.05, 0) is 30.0 Å². The Bertz CT molecular complexity index is 932. The predicted octanol–water partition coefficient (Wildman–Crippen LogP) is 3.34. The summed E-state index contributed by atoms with van der Waals surface area (Å²) >= 11 is 1.54. The molecule has 7 heteroatoms. The zero-order valence-corrected chi connectivity index (χ0v) is 15.4. The molecular weight excluding hydrogens is 364 g/mol. The van der Waals surface area contributed by atoms with Crippen LogP contribution in [0.15, 0.2) is 60.1 Å². The first-order valence-electron chi connectivity index (χ1n) is 8.29. The number of ether oxygens (including phenoxy) is 1. The Kier molecular flexibility index (Phi) is 5.83. The van der Waals surface area contributed by atoms with Gasteiger partial charge in [-0.25, -0.2) is 4.79 Å². The molecule has 0 saturated carbocycles. The van der Waals surface area contributed by atoms with Gasteiger partial charge in [0.15, 0.2) is 12.4 Å². The van der Waals surface area contributed by atoms with Gasteiger partial charge in [-0.15, -0.1) is 11.3 Å². The van der Waals surface area contributed by atoms with E-state index in [2.05, 4.69) is 10.3 Å². The van der Waals surface area contributed by atoms with Crippen LogP contribution in [0, 0.1) is 0 Å². The van der Waals surface area contributed by atoms with Crippen LogP contribution in [-0.4, -0.2) is 29.3 Å². The molecule has 0 bridgehead atoms. The first-order valence-corrected chi connectivity index (χ1v) is 9.16. The number of H-pyrrole nitrogens is 1. The zero-order chi connectivity index (χ0) is 19.2. The average molecular weight is 382 g/mol. The molecule has 6 nitrogen and oxygen atoms in total. The number of carbonyl (C=O) groups is 3. The summed E-state index contributed by atoms with van der Waals surface area (Å²) in [5.74, 6) is -1.27. The lowest BCUT2D eigenvalue weighted by atomic mass is 10.1. The van der Waals surface area contributed by atoms with Gasteiger partial charge in [-0.3, -0.25) is 9.59 Å². The van der Waals surface area contributed by atoms with Crippen LogP contribution in [0.4, 0.5) is 0 Å². The molecule has 2 heterocycles. The van der Waals surface area contributed by atoms with E-state index in [9.17, 15) is 14.4 Å². The van der Waals surface area contributed by atoms with Crippen molar-refractivity contribution < 1.29 is 19.1 Å². The van der Waals surface area contributed by atoms with Crippen LogP contribution in [0.1, 0.15) is 44.3 Å². The Hall–Kier alpha value is -3.19. The number of ketones is 1. The highest BCUT2D eigenvalue weighted by Crippen LogP contribution is 2.25. The molecule has 3 aromatic rings. The van der Waals surface area contributed by atoms with Crippen molar-refractivity contribution in [3.8, 4) is 0 Å². The number of amides is 1. The summed E-state index contributed by atoms with van der Waals surface area (Å²) < 4.78 is 5.05. The number of Topliss-reactive ketones (excluding diaryl/α,β-unsaturated/α-hetero) is 1. The minimum Gasteiger partial charge on any atom is -0.451 e. The largest absolute Gasteiger partial charge is 0.451 e. The van der Waals surface area contributed by atoms with Crippen LogP contribution in [0.2, 0.25) is 0 Å². The predicted molar refractivity (Wildman–Crippen MR) is 102 cm³/mol. The molecule has 1 atom stereocenters. The fourth-order valence-corrected chi connectivity index (χ4v) is 3.35. The molecule has 0 fully saturated rings.